The monoisotopic (exact) mass is 942 g/mol. The van der Waals surface area contributed by atoms with Crippen LogP contribution in [0.15, 0.2) is 35.8 Å². The number of piperazine rings is 1. The molecule has 1 aromatic carbocycles. The fourth-order valence-electron chi connectivity index (χ4n) is 8.86. The molecule has 6 heterocycles. The first-order valence-corrected chi connectivity index (χ1v) is 23.2. The van der Waals surface area contributed by atoms with Crippen LogP contribution in [0.3, 0.4) is 0 Å². The summed E-state index contributed by atoms with van der Waals surface area (Å²) in [5.74, 6) is -1.67. The lowest BCUT2D eigenvalue weighted by Crippen LogP contribution is -2.60. The molecular formula is C46H61F3N8O8S. The third-order valence-electron chi connectivity index (χ3n) is 12.3. The molecule has 3 saturated heterocycles. The third kappa shape index (κ3) is 11.4. The Labute approximate surface area is 386 Å². The number of rotatable bonds is 14. The number of alkyl carbamates (subject to hydrolysis) is 1. The quantitative estimate of drug-likeness (QED) is 0.112. The van der Waals surface area contributed by atoms with Crippen molar-refractivity contribution >= 4 is 45.9 Å². The van der Waals surface area contributed by atoms with Crippen LogP contribution in [0.1, 0.15) is 76.8 Å². The predicted molar refractivity (Wildman–Crippen MR) is 243 cm³/mol. The van der Waals surface area contributed by atoms with Gasteiger partial charge in [0.05, 0.1) is 59.3 Å². The second kappa shape index (κ2) is 19.8. The largest absolute Gasteiger partial charge is 0.480 e. The van der Waals surface area contributed by atoms with Gasteiger partial charge in [-0.25, -0.2) is 15.2 Å². The SMILES string of the molecule is CO[C@@H](C)c1ncc(N2CCN3CCOCC3C2)cc1-c1c(CC(C)(C)CO)c2cc(-c3csc(CC(NC(=O)OC(C)(C)C)C(=O)N4CCCC(C(=O)O)N4)n3)ccc2n1CC(F)(F)F. The summed E-state index contributed by atoms with van der Waals surface area (Å²) in [6, 6.07) is 5.12. The number of halogens is 3. The number of nitrogens with zero attached hydrogens (tertiary/aromatic N) is 6. The highest BCUT2D eigenvalue weighted by molar-refractivity contribution is 7.10. The number of carboxylic acids is 1. The van der Waals surface area contributed by atoms with Gasteiger partial charge in [0.25, 0.3) is 5.91 Å². The first-order valence-electron chi connectivity index (χ1n) is 22.3. The number of morpholine rings is 1. The Morgan fingerprint density at radius 2 is 1.86 bits per heavy atom. The van der Waals surface area contributed by atoms with Crippen LogP contribution in [0.5, 0.6) is 0 Å². The number of amides is 2. The average molecular weight is 943 g/mol. The molecule has 3 aliphatic heterocycles. The lowest BCUT2D eigenvalue weighted by Gasteiger charge is -2.44. The maximum atomic E-state index is 14.8. The minimum atomic E-state index is -4.61. The molecule has 360 valence electrons. The van der Waals surface area contributed by atoms with E-state index < -0.39 is 59.9 Å². The van der Waals surface area contributed by atoms with Crippen LogP contribution < -0.4 is 15.6 Å². The summed E-state index contributed by atoms with van der Waals surface area (Å²) in [6.07, 6.45) is -3.35. The summed E-state index contributed by atoms with van der Waals surface area (Å²) >= 11 is 1.24. The van der Waals surface area contributed by atoms with E-state index in [1.807, 2.05) is 32.9 Å². The summed E-state index contributed by atoms with van der Waals surface area (Å²) in [6.45, 7) is 13.6. The van der Waals surface area contributed by atoms with Crippen LogP contribution in [0.2, 0.25) is 0 Å². The summed E-state index contributed by atoms with van der Waals surface area (Å²) < 4.78 is 62.9. The van der Waals surface area contributed by atoms with E-state index >= 15 is 0 Å². The number of carboxylic acid groups (broad SMARTS) is 1. The molecule has 0 radical (unpaired) electrons. The number of hydrazine groups is 1. The van der Waals surface area contributed by atoms with Crippen molar-refractivity contribution in [2.24, 2.45) is 5.41 Å². The molecule has 4 atom stereocenters. The second-order valence-electron chi connectivity index (χ2n) is 19.2. The lowest BCUT2D eigenvalue weighted by atomic mass is 9.84. The number of hydrogen-bond acceptors (Lipinski definition) is 13. The van der Waals surface area contributed by atoms with E-state index in [1.54, 1.807) is 44.5 Å². The predicted octanol–water partition coefficient (Wildman–Crippen LogP) is 6.19. The van der Waals surface area contributed by atoms with E-state index in [-0.39, 0.29) is 32.0 Å². The molecule has 16 nitrogen and oxygen atoms in total. The lowest BCUT2D eigenvalue weighted by molar-refractivity contribution is -0.147. The first-order chi connectivity index (χ1) is 31.1. The maximum Gasteiger partial charge on any atom is 0.408 e. The van der Waals surface area contributed by atoms with E-state index in [1.165, 1.54) is 28.0 Å². The van der Waals surface area contributed by atoms with Crippen LogP contribution in [0.25, 0.3) is 33.4 Å². The van der Waals surface area contributed by atoms with Gasteiger partial charge in [-0.15, -0.1) is 11.3 Å². The highest BCUT2D eigenvalue weighted by atomic mass is 32.1. The van der Waals surface area contributed by atoms with E-state index in [0.717, 1.165) is 18.8 Å². The molecule has 66 heavy (non-hydrogen) atoms. The normalized spacial score (nSPS) is 19.7. The van der Waals surface area contributed by atoms with E-state index in [4.69, 9.17) is 24.2 Å². The number of pyridine rings is 1. The molecule has 3 unspecified atom stereocenters. The van der Waals surface area contributed by atoms with Crippen molar-refractivity contribution < 1.29 is 52.0 Å². The van der Waals surface area contributed by atoms with Gasteiger partial charge in [0, 0.05) is 80.3 Å². The Morgan fingerprint density at radius 3 is 2.56 bits per heavy atom. The van der Waals surface area contributed by atoms with Gasteiger partial charge < -0.3 is 39.2 Å². The standard InChI is InChI=1S/C46H61F3N8O8S/c1-27(63-7)39-32(18-29(21-50-39)55-14-13-54-15-16-64-23-30(54)22-55)40-33(20-45(5,6)26-58)31-17-28(10-11-37(31)56(40)25-46(47,48)49)36-24-66-38(51-36)19-35(52-43(62)65-44(2,3)4)41(59)57-12-8-9-34(53-57)42(60)61/h10-11,17-18,21,24,27,30,34-35,53,58H,8-9,12-16,19-20,22-23,25-26H2,1-7H3,(H,52,62)(H,60,61)/t27-,30?,34?,35?/m0/s1. The molecule has 3 aliphatic rings. The van der Waals surface area contributed by atoms with Crippen molar-refractivity contribution in [3.05, 3.63) is 52.1 Å². The number of aliphatic hydroxyl groups excluding tert-OH is 1. The number of aromatic nitrogens is 3. The summed E-state index contributed by atoms with van der Waals surface area (Å²) in [7, 11) is 1.53. The van der Waals surface area contributed by atoms with Crippen molar-refractivity contribution in [1.82, 2.24) is 35.2 Å². The number of fused-ring (bicyclic) bond motifs is 2. The van der Waals surface area contributed by atoms with Crippen LogP contribution in [-0.4, -0.2) is 142 Å². The third-order valence-corrected chi connectivity index (χ3v) is 13.1. The molecule has 2 amide bonds. The van der Waals surface area contributed by atoms with Gasteiger partial charge in [0.15, 0.2) is 0 Å². The number of anilines is 1. The minimum absolute atomic E-state index is 0.0599. The number of carbonyl (C=O) groups is 3. The zero-order valence-corrected chi connectivity index (χ0v) is 39.4. The molecular weight excluding hydrogens is 882 g/mol. The number of nitrogens with one attached hydrogen (secondary N) is 2. The molecule has 20 heteroatoms. The smallest absolute Gasteiger partial charge is 0.408 e. The van der Waals surface area contributed by atoms with Gasteiger partial charge in [-0.2, -0.15) is 13.2 Å². The molecule has 4 aromatic rings. The van der Waals surface area contributed by atoms with Gasteiger partial charge in [-0.1, -0.05) is 19.9 Å². The van der Waals surface area contributed by atoms with Crippen LogP contribution in [-0.2, 0) is 43.2 Å². The Balaban J connectivity index is 1.31. The second-order valence-corrected chi connectivity index (χ2v) is 20.1. The van der Waals surface area contributed by atoms with Crippen molar-refractivity contribution in [2.75, 3.05) is 64.6 Å². The number of methoxy groups -OCH3 is 1. The van der Waals surface area contributed by atoms with Crippen molar-refractivity contribution in [3.8, 4) is 22.5 Å². The fourth-order valence-corrected chi connectivity index (χ4v) is 9.72. The minimum Gasteiger partial charge on any atom is -0.480 e. The zero-order valence-electron chi connectivity index (χ0n) is 38.5. The van der Waals surface area contributed by atoms with Crippen molar-refractivity contribution in [1.29, 1.82) is 0 Å². The van der Waals surface area contributed by atoms with Crippen LogP contribution in [0.4, 0.5) is 23.7 Å². The molecule has 7 rings (SSSR count). The Bertz CT molecular complexity index is 2400. The van der Waals surface area contributed by atoms with Gasteiger partial charge in [0.2, 0.25) is 0 Å². The summed E-state index contributed by atoms with van der Waals surface area (Å²) in [5.41, 5.74) is 5.23. The number of aliphatic carboxylic acids is 1. The van der Waals surface area contributed by atoms with Crippen LogP contribution in [0, 0.1) is 5.41 Å². The number of benzene rings is 1. The number of alkyl halides is 3. The highest BCUT2D eigenvalue weighted by Gasteiger charge is 2.37. The number of carbonyl (C=O) groups excluding carboxylic acids is 2. The van der Waals surface area contributed by atoms with Gasteiger partial charge in [-0.05, 0) is 76.1 Å². The molecule has 3 aromatic heterocycles. The molecule has 3 fully saturated rings. The topological polar surface area (TPSA) is 184 Å². The van der Waals surface area contributed by atoms with E-state index in [0.29, 0.717) is 88.8 Å². The number of thiazole rings is 1. The summed E-state index contributed by atoms with van der Waals surface area (Å²) in [5, 5.41) is 26.9. The van der Waals surface area contributed by atoms with Crippen molar-refractivity contribution in [2.45, 2.75) is 110 Å². The fraction of sp³-hybridized carbons (Fsp3) is 0.587. The first kappa shape index (κ1) is 49.1. The number of aliphatic hydroxyl groups is 1. The molecule has 0 spiro atoms. The van der Waals surface area contributed by atoms with Crippen molar-refractivity contribution in [3.63, 3.8) is 0 Å². The number of ether oxygens (including phenoxy) is 3. The number of hydrogen-bond donors (Lipinski definition) is 4. The highest BCUT2D eigenvalue weighted by Crippen LogP contribution is 2.44. The maximum absolute atomic E-state index is 14.8. The molecule has 0 bridgehead atoms. The van der Waals surface area contributed by atoms with Gasteiger partial charge in [-0.3, -0.25) is 24.5 Å². The van der Waals surface area contributed by atoms with Gasteiger partial charge >= 0.3 is 18.2 Å². The summed E-state index contributed by atoms with van der Waals surface area (Å²) in [4.78, 5) is 53.1. The van der Waals surface area contributed by atoms with E-state index in [2.05, 4.69) is 20.5 Å². The molecule has 4 N–H and O–H groups in total. The van der Waals surface area contributed by atoms with Gasteiger partial charge in [0.1, 0.15) is 24.2 Å². The van der Waals surface area contributed by atoms with Crippen LogP contribution >= 0.6 is 11.3 Å². The Hall–Kier alpha value is -4.86. The van der Waals surface area contributed by atoms with E-state index in [9.17, 15) is 37.8 Å². The zero-order chi connectivity index (χ0) is 47.7. The average Bonchev–Trinajstić information content (AvgIpc) is 3.85. The Kier molecular flexibility index (Phi) is 14.7. The molecule has 0 saturated carbocycles. The molecule has 0 aliphatic carbocycles. The Morgan fingerprint density at radius 1 is 1.09 bits per heavy atom.